The maximum absolute atomic E-state index is 6.13. The normalized spacial score (nSPS) is 13.2. The molecule has 1 nitrogen and oxygen atoms in total. The largest absolute Gasteiger partial charge is 0.456 e. The number of benzene rings is 4. The molecule has 26 heavy (non-hydrogen) atoms. The van der Waals surface area contributed by atoms with E-state index in [0.717, 1.165) is 11.2 Å². The van der Waals surface area contributed by atoms with Gasteiger partial charge in [0.05, 0.1) is 0 Å². The Balaban J connectivity index is 1.74. The van der Waals surface area contributed by atoms with Crippen LogP contribution in [0.3, 0.4) is 0 Å². The Kier molecular flexibility index (Phi) is 2.72. The highest BCUT2D eigenvalue weighted by atomic mass is 16.3. The molecular weight excluding hydrogens is 316 g/mol. The molecule has 0 N–H and O–H groups in total. The van der Waals surface area contributed by atoms with Gasteiger partial charge in [0.25, 0.3) is 0 Å². The van der Waals surface area contributed by atoms with E-state index in [-0.39, 0.29) is 5.92 Å². The maximum atomic E-state index is 6.13. The van der Waals surface area contributed by atoms with Gasteiger partial charge in [0.2, 0.25) is 0 Å². The number of furan rings is 1. The second-order valence-electron chi connectivity index (χ2n) is 6.93. The van der Waals surface area contributed by atoms with Crippen LogP contribution in [0, 0.1) is 0 Å². The number of rotatable bonds is 1. The summed E-state index contributed by atoms with van der Waals surface area (Å²) in [4.78, 5) is 0. The van der Waals surface area contributed by atoms with Gasteiger partial charge in [0.1, 0.15) is 11.2 Å². The van der Waals surface area contributed by atoms with Crippen molar-refractivity contribution in [1.82, 2.24) is 0 Å². The quantitative estimate of drug-likeness (QED) is 0.325. The molecule has 0 bridgehead atoms. The first-order valence-electron chi connectivity index (χ1n) is 9.00. The average molecular weight is 332 g/mol. The first kappa shape index (κ1) is 13.9. The lowest BCUT2D eigenvalue weighted by atomic mass is 9.87. The molecular formula is C25H16O. The van der Waals surface area contributed by atoms with Crippen LogP contribution < -0.4 is 0 Å². The molecule has 6 rings (SSSR count). The Bertz CT molecular complexity index is 1250. The minimum absolute atomic E-state index is 0.243. The summed E-state index contributed by atoms with van der Waals surface area (Å²) in [6, 6.07) is 32.3. The van der Waals surface area contributed by atoms with Gasteiger partial charge in [0, 0.05) is 16.7 Å². The Morgan fingerprint density at radius 3 is 1.85 bits per heavy atom. The lowest BCUT2D eigenvalue weighted by Crippen LogP contribution is -1.99. The van der Waals surface area contributed by atoms with Crippen molar-refractivity contribution in [2.75, 3.05) is 0 Å². The summed E-state index contributed by atoms with van der Waals surface area (Å²) in [7, 11) is 0. The Morgan fingerprint density at radius 2 is 1.08 bits per heavy atom. The second-order valence-corrected chi connectivity index (χ2v) is 6.93. The number of para-hydroxylation sites is 1. The van der Waals surface area contributed by atoms with E-state index in [1.165, 1.54) is 38.6 Å². The predicted octanol–water partition coefficient (Wildman–Crippen LogP) is 6.75. The molecule has 0 atom stereocenters. The van der Waals surface area contributed by atoms with Crippen molar-refractivity contribution < 1.29 is 4.42 Å². The molecule has 1 aliphatic rings. The molecule has 1 heterocycles. The Morgan fingerprint density at radius 1 is 0.500 bits per heavy atom. The van der Waals surface area contributed by atoms with E-state index in [1.807, 2.05) is 6.07 Å². The summed E-state index contributed by atoms with van der Waals surface area (Å²) in [5, 5.41) is 2.43. The van der Waals surface area contributed by atoms with Gasteiger partial charge in [-0.2, -0.15) is 0 Å². The molecule has 0 amide bonds. The third-order valence-electron chi connectivity index (χ3n) is 5.58. The average Bonchev–Trinajstić information content (AvgIpc) is 3.24. The van der Waals surface area contributed by atoms with Gasteiger partial charge in [-0.3, -0.25) is 0 Å². The van der Waals surface area contributed by atoms with Crippen LogP contribution in [0.25, 0.3) is 33.1 Å². The summed E-state index contributed by atoms with van der Waals surface area (Å²) in [5.74, 6) is 0.243. The van der Waals surface area contributed by atoms with Gasteiger partial charge >= 0.3 is 0 Å². The van der Waals surface area contributed by atoms with E-state index >= 15 is 0 Å². The van der Waals surface area contributed by atoms with Crippen LogP contribution in [-0.4, -0.2) is 0 Å². The lowest BCUT2D eigenvalue weighted by molar-refractivity contribution is 0.668. The monoisotopic (exact) mass is 332 g/mol. The molecule has 5 aromatic rings. The van der Waals surface area contributed by atoms with Gasteiger partial charge in [-0.05, 0) is 39.9 Å². The minimum atomic E-state index is 0.243. The minimum Gasteiger partial charge on any atom is -0.456 e. The van der Waals surface area contributed by atoms with Crippen molar-refractivity contribution in [3.63, 3.8) is 0 Å². The standard InChI is InChI=1S/C25H16O/c1-3-10-18-16(8-1)17-9-2-4-11-19(17)24(18)21-13-7-15-23-25(21)20-12-5-6-14-22(20)26-23/h1-15,24H. The van der Waals surface area contributed by atoms with Crippen LogP contribution >= 0.6 is 0 Å². The van der Waals surface area contributed by atoms with E-state index in [2.05, 4.69) is 84.9 Å². The molecule has 0 spiro atoms. The van der Waals surface area contributed by atoms with Crippen molar-refractivity contribution in [3.05, 3.63) is 108 Å². The van der Waals surface area contributed by atoms with Crippen LogP contribution in [0.2, 0.25) is 0 Å². The lowest BCUT2D eigenvalue weighted by Gasteiger charge is -2.15. The summed E-state index contributed by atoms with van der Waals surface area (Å²) in [5.41, 5.74) is 8.69. The summed E-state index contributed by atoms with van der Waals surface area (Å²) >= 11 is 0. The second kappa shape index (κ2) is 5.09. The maximum Gasteiger partial charge on any atom is 0.135 e. The fourth-order valence-corrected chi connectivity index (χ4v) is 4.53. The Labute approximate surface area is 151 Å². The first-order chi connectivity index (χ1) is 12.9. The summed E-state index contributed by atoms with van der Waals surface area (Å²) < 4.78 is 6.13. The molecule has 4 aromatic carbocycles. The van der Waals surface area contributed by atoms with E-state index < -0.39 is 0 Å². The molecule has 0 unspecified atom stereocenters. The molecule has 0 aliphatic heterocycles. The zero-order valence-corrected chi connectivity index (χ0v) is 14.1. The Hall–Kier alpha value is -3.32. The van der Waals surface area contributed by atoms with E-state index in [1.54, 1.807) is 0 Å². The molecule has 0 fully saturated rings. The van der Waals surface area contributed by atoms with Crippen molar-refractivity contribution >= 4 is 21.9 Å². The SMILES string of the molecule is c1ccc2c(c1)-c1ccccc1C2c1cccc2oc3ccccc3c12. The fourth-order valence-electron chi connectivity index (χ4n) is 4.53. The third-order valence-corrected chi connectivity index (χ3v) is 5.58. The molecule has 0 radical (unpaired) electrons. The molecule has 1 heteroatoms. The first-order valence-corrected chi connectivity index (χ1v) is 9.00. The molecule has 0 saturated carbocycles. The van der Waals surface area contributed by atoms with Gasteiger partial charge in [-0.25, -0.2) is 0 Å². The smallest absolute Gasteiger partial charge is 0.135 e. The van der Waals surface area contributed by atoms with Crippen LogP contribution in [0.1, 0.15) is 22.6 Å². The highest BCUT2D eigenvalue weighted by Crippen LogP contribution is 2.50. The molecule has 0 saturated heterocycles. The van der Waals surface area contributed by atoms with Crippen LogP contribution in [-0.2, 0) is 0 Å². The summed E-state index contributed by atoms with van der Waals surface area (Å²) in [6.45, 7) is 0. The summed E-state index contributed by atoms with van der Waals surface area (Å²) in [6.07, 6.45) is 0. The van der Waals surface area contributed by atoms with Crippen molar-refractivity contribution in [3.8, 4) is 11.1 Å². The molecule has 1 aliphatic carbocycles. The van der Waals surface area contributed by atoms with Gasteiger partial charge in [-0.1, -0.05) is 78.9 Å². The topological polar surface area (TPSA) is 13.1 Å². The third kappa shape index (κ3) is 1.75. The zero-order chi connectivity index (χ0) is 17.1. The fraction of sp³-hybridized carbons (Fsp3) is 0.0400. The zero-order valence-electron chi connectivity index (χ0n) is 14.1. The van der Waals surface area contributed by atoms with Crippen LogP contribution in [0.4, 0.5) is 0 Å². The highest BCUT2D eigenvalue weighted by Gasteiger charge is 2.31. The number of fused-ring (bicyclic) bond motifs is 6. The van der Waals surface area contributed by atoms with Gasteiger partial charge in [0.15, 0.2) is 0 Å². The van der Waals surface area contributed by atoms with Crippen LogP contribution in [0.5, 0.6) is 0 Å². The highest BCUT2D eigenvalue weighted by molar-refractivity contribution is 6.07. The predicted molar refractivity (Wildman–Crippen MR) is 107 cm³/mol. The van der Waals surface area contributed by atoms with Gasteiger partial charge < -0.3 is 4.42 Å². The number of hydrogen-bond acceptors (Lipinski definition) is 1. The van der Waals surface area contributed by atoms with Crippen molar-refractivity contribution in [2.24, 2.45) is 0 Å². The van der Waals surface area contributed by atoms with E-state index in [9.17, 15) is 0 Å². The van der Waals surface area contributed by atoms with E-state index in [0.29, 0.717) is 0 Å². The molecule has 122 valence electrons. The van der Waals surface area contributed by atoms with Crippen molar-refractivity contribution in [1.29, 1.82) is 0 Å². The van der Waals surface area contributed by atoms with Crippen molar-refractivity contribution in [2.45, 2.75) is 5.92 Å². The van der Waals surface area contributed by atoms with Gasteiger partial charge in [-0.15, -0.1) is 0 Å². The van der Waals surface area contributed by atoms with E-state index in [4.69, 9.17) is 4.42 Å². The molecule has 1 aromatic heterocycles. The van der Waals surface area contributed by atoms with Crippen LogP contribution in [0.15, 0.2) is 95.4 Å². The number of hydrogen-bond donors (Lipinski definition) is 0.